The van der Waals surface area contributed by atoms with E-state index in [1.165, 1.54) is 12.1 Å². The fourth-order valence-corrected chi connectivity index (χ4v) is 3.08. The monoisotopic (exact) mass is 321 g/mol. The second-order valence-electron chi connectivity index (χ2n) is 4.02. The predicted molar refractivity (Wildman–Crippen MR) is 84.2 cm³/mol. The van der Waals surface area contributed by atoms with Crippen LogP contribution >= 0.6 is 23.1 Å². The first kappa shape index (κ1) is 15.3. The molecule has 1 heterocycles. The zero-order valence-corrected chi connectivity index (χ0v) is 12.6. The number of hydrogen-bond donors (Lipinski definition) is 1. The lowest BCUT2D eigenvalue weighted by molar-refractivity contribution is -0.385. The summed E-state index contributed by atoms with van der Waals surface area (Å²) in [4.78, 5) is 22.9. The molecule has 108 valence electrons. The van der Waals surface area contributed by atoms with Gasteiger partial charge in [0.1, 0.15) is 0 Å². The van der Waals surface area contributed by atoms with Crippen molar-refractivity contribution < 1.29 is 14.8 Å². The number of carbonyl (C=O) groups excluding carboxylic acids is 1. The summed E-state index contributed by atoms with van der Waals surface area (Å²) in [6.07, 6.45) is 5.01. The summed E-state index contributed by atoms with van der Waals surface area (Å²) in [6, 6.07) is 7.45. The summed E-state index contributed by atoms with van der Waals surface area (Å²) in [6.45, 7) is 0. The van der Waals surface area contributed by atoms with E-state index in [9.17, 15) is 20.0 Å². The number of thiophene rings is 1. The van der Waals surface area contributed by atoms with Crippen LogP contribution in [-0.2, 0) is 0 Å². The maximum Gasteiger partial charge on any atom is 0.311 e. The summed E-state index contributed by atoms with van der Waals surface area (Å²) in [7, 11) is 0. The maximum atomic E-state index is 12.0. The molecule has 0 aliphatic carbocycles. The standard InChI is InChI=1S/C14H11NO4S2/c1-20-14-7-4-10(21-14)3-6-12(16)9-2-5-13(17)11(8-9)15(18)19/h2-8,17H,1H3/b6-3+. The molecule has 0 unspecified atom stereocenters. The number of ketones is 1. The van der Waals surface area contributed by atoms with Gasteiger partial charge in [0.15, 0.2) is 11.5 Å². The Morgan fingerprint density at radius 2 is 2.14 bits per heavy atom. The molecule has 0 saturated carbocycles. The molecule has 0 fully saturated rings. The number of hydrogen-bond acceptors (Lipinski definition) is 6. The molecule has 0 atom stereocenters. The van der Waals surface area contributed by atoms with Crippen LogP contribution in [0, 0.1) is 10.1 Å². The van der Waals surface area contributed by atoms with Crippen LogP contribution in [0.5, 0.6) is 5.75 Å². The highest BCUT2D eigenvalue weighted by Crippen LogP contribution is 2.28. The first-order valence-electron chi connectivity index (χ1n) is 5.85. The molecule has 0 aliphatic heterocycles. The molecule has 1 aromatic carbocycles. The van der Waals surface area contributed by atoms with E-state index in [-0.39, 0.29) is 11.3 Å². The Morgan fingerprint density at radius 1 is 1.38 bits per heavy atom. The van der Waals surface area contributed by atoms with Crippen molar-refractivity contribution in [2.24, 2.45) is 0 Å². The number of nitrogens with zero attached hydrogens (tertiary/aromatic N) is 1. The van der Waals surface area contributed by atoms with E-state index in [1.807, 2.05) is 18.4 Å². The smallest absolute Gasteiger partial charge is 0.311 e. The highest BCUT2D eigenvalue weighted by atomic mass is 32.2. The molecule has 0 radical (unpaired) electrons. The van der Waals surface area contributed by atoms with Crippen molar-refractivity contribution >= 4 is 40.6 Å². The number of benzene rings is 1. The Balaban J connectivity index is 2.20. The average Bonchev–Trinajstić information content (AvgIpc) is 2.93. The fourth-order valence-electron chi connectivity index (χ4n) is 1.61. The minimum Gasteiger partial charge on any atom is -0.502 e. The van der Waals surface area contributed by atoms with Gasteiger partial charge in [-0.05, 0) is 42.7 Å². The zero-order chi connectivity index (χ0) is 15.4. The predicted octanol–water partition coefficient (Wildman–Crippen LogP) is 3.98. The van der Waals surface area contributed by atoms with Gasteiger partial charge in [-0.2, -0.15) is 0 Å². The number of phenolic OH excluding ortho intramolecular Hbond substituents is 1. The van der Waals surface area contributed by atoms with Gasteiger partial charge in [0, 0.05) is 16.5 Å². The summed E-state index contributed by atoms with van der Waals surface area (Å²) in [5.41, 5.74) is -0.313. The van der Waals surface area contributed by atoms with Crippen LogP contribution < -0.4 is 0 Å². The van der Waals surface area contributed by atoms with Gasteiger partial charge in [0.05, 0.1) is 9.13 Å². The summed E-state index contributed by atoms with van der Waals surface area (Å²) in [5, 5.41) is 20.1. The molecule has 1 aromatic heterocycles. The first-order valence-corrected chi connectivity index (χ1v) is 7.89. The van der Waals surface area contributed by atoms with Crippen LogP contribution in [0.25, 0.3) is 6.08 Å². The number of phenols is 1. The molecular weight excluding hydrogens is 310 g/mol. The van der Waals surface area contributed by atoms with Gasteiger partial charge < -0.3 is 5.11 Å². The van der Waals surface area contributed by atoms with E-state index in [4.69, 9.17) is 0 Å². The minimum atomic E-state index is -0.722. The molecule has 5 nitrogen and oxygen atoms in total. The van der Waals surface area contributed by atoms with Crippen LogP contribution in [0.15, 0.2) is 40.6 Å². The SMILES string of the molecule is CSc1ccc(/C=C/C(=O)c2ccc(O)c([N+](=O)[O-])c2)s1. The molecule has 21 heavy (non-hydrogen) atoms. The summed E-state index contributed by atoms with van der Waals surface area (Å²) in [5.74, 6) is -0.805. The molecule has 2 aromatic rings. The third kappa shape index (κ3) is 3.71. The molecule has 0 spiro atoms. The van der Waals surface area contributed by atoms with Crippen LogP contribution in [0.1, 0.15) is 15.2 Å². The van der Waals surface area contributed by atoms with Crippen LogP contribution in [0.2, 0.25) is 0 Å². The van der Waals surface area contributed by atoms with Crippen molar-refractivity contribution in [1.29, 1.82) is 0 Å². The minimum absolute atomic E-state index is 0.164. The van der Waals surface area contributed by atoms with Gasteiger partial charge in [-0.3, -0.25) is 14.9 Å². The van der Waals surface area contributed by atoms with E-state index in [2.05, 4.69) is 0 Å². The molecule has 0 aliphatic rings. The summed E-state index contributed by atoms with van der Waals surface area (Å²) >= 11 is 3.18. The quantitative estimate of drug-likeness (QED) is 0.296. The lowest BCUT2D eigenvalue weighted by atomic mass is 10.1. The van der Waals surface area contributed by atoms with E-state index in [0.29, 0.717) is 0 Å². The second kappa shape index (κ2) is 6.55. The number of aromatic hydroxyl groups is 1. The second-order valence-corrected chi connectivity index (χ2v) is 6.24. The number of nitro groups is 1. The van der Waals surface area contributed by atoms with Crippen molar-refractivity contribution in [3.05, 3.63) is 57.0 Å². The van der Waals surface area contributed by atoms with Crippen LogP contribution in [0.4, 0.5) is 5.69 Å². The molecule has 2 rings (SSSR count). The van der Waals surface area contributed by atoms with Gasteiger partial charge in [-0.25, -0.2) is 0 Å². The van der Waals surface area contributed by atoms with E-state index >= 15 is 0 Å². The van der Waals surface area contributed by atoms with Gasteiger partial charge in [0.25, 0.3) is 0 Å². The van der Waals surface area contributed by atoms with E-state index in [0.717, 1.165) is 21.2 Å². The van der Waals surface area contributed by atoms with E-state index in [1.54, 1.807) is 29.2 Å². The average molecular weight is 321 g/mol. The van der Waals surface area contributed by atoms with Crippen molar-refractivity contribution in [2.45, 2.75) is 4.21 Å². The Kier molecular flexibility index (Phi) is 4.77. The number of thioether (sulfide) groups is 1. The topological polar surface area (TPSA) is 80.4 Å². The Morgan fingerprint density at radius 3 is 2.76 bits per heavy atom. The first-order chi connectivity index (χ1) is 10.0. The Hall–Kier alpha value is -2.12. The van der Waals surface area contributed by atoms with Crippen molar-refractivity contribution in [2.75, 3.05) is 6.26 Å². The van der Waals surface area contributed by atoms with Crippen LogP contribution in [-0.4, -0.2) is 22.1 Å². The summed E-state index contributed by atoms with van der Waals surface area (Å²) < 4.78 is 1.14. The Labute approximate surface area is 129 Å². The van der Waals surface area contributed by atoms with Gasteiger partial charge in [-0.15, -0.1) is 23.1 Å². The zero-order valence-electron chi connectivity index (χ0n) is 11.0. The van der Waals surface area contributed by atoms with Gasteiger partial charge in [0.2, 0.25) is 0 Å². The third-order valence-corrected chi connectivity index (χ3v) is 4.79. The van der Waals surface area contributed by atoms with Crippen molar-refractivity contribution in [3.8, 4) is 5.75 Å². The molecule has 0 bridgehead atoms. The normalized spacial score (nSPS) is 10.9. The fraction of sp³-hybridized carbons (Fsp3) is 0.0714. The van der Waals surface area contributed by atoms with E-state index < -0.39 is 16.4 Å². The number of allylic oxidation sites excluding steroid dienone is 1. The molecule has 1 N–H and O–H groups in total. The maximum absolute atomic E-state index is 12.0. The highest BCUT2D eigenvalue weighted by molar-refractivity contribution is 8.00. The van der Waals surface area contributed by atoms with Crippen molar-refractivity contribution in [1.82, 2.24) is 0 Å². The third-order valence-electron chi connectivity index (χ3n) is 2.66. The highest BCUT2D eigenvalue weighted by Gasteiger charge is 2.15. The lowest BCUT2D eigenvalue weighted by Gasteiger charge is -1.98. The number of rotatable bonds is 5. The molecular formula is C14H11NO4S2. The largest absolute Gasteiger partial charge is 0.502 e. The van der Waals surface area contributed by atoms with Gasteiger partial charge in [-0.1, -0.05) is 0 Å². The number of carbonyl (C=O) groups is 1. The van der Waals surface area contributed by atoms with Gasteiger partial charge >= 0.3 is 5.69 Å². The lowest BCUT2D eigenvalue weighted by Crippen LogP contribution is -1.96. The molecule has 7 heteroatoms. The molecule has 0 amide bonds. The number of nitro benzene ring substituents is 1. The Bertz CT molecular complexity index is 722. The molecule has 0 saturated heterocycles. The van der Waals surface area contributed by atoms with Crippen molar-refractivity contribution in [3.63, 3.8) is 0 Å². The van der Waals surface area contributed by atoms with Crippen LogP contribution in [0.3, 0.4) is 0 Å².